The molecule has 1 amide bonds. The van der Waals surface area contributed by atoms with E-state index >= 15 is 0 Å². The third-order valence-corrected chi connectivity index (χ3v) is 7.21. The minimum Gasteiger partial charge on any atom is -0.352 e. The maximum absolute atomic E-state index is 12.5. The summed E-state index contributed by atoms with van der Waals surface area (Å²) in [6.07, 6.45) is 4.33. The van der Waals surface area contributed by atoms with Crippen LogP contribution in [-0.4, -0.2) is 45.1 Å². The number of halogens is 1. The van der Waals surface area contributed by atoms with Crippen molar-refractivity contribution in [3.05, 3.63) is 64.2 Å². The normalized spacial score (nSPS) is 14.5. The zero-order chi connectivity index (χ0) is 23.1. The summed E-state index contributed by atoms with van der Waals surface area (Å²) < 4.78 is 26.0. The van der Waals surface area contributed by atoms with Crippen molar-refractivity contribution in [3.63, 3.8) is 0 Å². The number of hydrogen-bond donors (Lipinski definition) is 1. The molecule has 3 rings (SSSR count). The molecule has 0 saturated carbocycles. The molecule has 1 saturated heterocycles. The minimum atomic E-state index is -3.49. The molecule has 32 heavy (non-hydrogen) atoms. The second-order valence-electron chi connectivity index (χ2n) is 8.40. The van der Waals surface area contributed by atoms with E-state index in [1.54, 1.807) is 18.2 Å². The molecule has 0 bridgehead atoms. The molecule has 174 valence electrons. The third kappa shape index (κ3) is 6.95. The number of likely N-dealkylation sites (tertiary alicyclic amines) is 1. The van der Waals surface area contributed by atoms with Crippen LogP contribution in [0, 0.1) is 6.92 Å². The zero-order valence-corrected chi connectivity index (χ0v) is 20.4. The van der Waals surface area contributed by atoms with Crippen molar-refractivity contribution in [2.75, 3.05) is 30.2 Å². The van der Waals surface area contributed by atoms with Gasteiger partial charge in [-0.3, -0.25) is 14.0 Å². The number of nitrogens with one attached hydrogen (secondary N) is 1. The molecule has 0 aliphatic carbocycles. The first-order chi connectivity index (χ1) is 15.2. The molecule has 1 aliphatic heterocycles. The Bertz CT molecular complexity index is 1040. The van der Waals surface area contributed by atoms with E-state index in [1.807, 2.05) is 19.1 Å². The Morgan fingerprint density at radius 2 is 1.81 bits per heavy atom. The van der Waals surface area contributed by atoms with Gasteiger partial charge in [-0.2, -0.15) is 0 Å². The number of sulfonamides is 1. The van der Waals surface area contributed by atoms with Gasteiger partial charge in [0.25, 0.3) is 0 Å². The maximum Gasteiger partial charge on any atom is 0.232 e. The number of carbonyl (C=O) groups excluding carboxylic acids is 1. The molecule has 1 heterocycles. The van der Waals surface area contributed by atoms with Gasteiger partial charge in [-0.1, -0.05) is 41.9 Å². The molecule has 0 radical (unpaired) electrons. The number of aryl methyl sites for hydroxylation is 1. The van der Waals surface area contributed by atoms with Crippen LogP contribution in [0.15, 0.2) is 42.5 Å². The van der Waals surface area contributed by atoms with Crippen LogP contribution in [0.25, 0.3) is 0 Å². The van der Waals surface area contributed by atoms with Gasteiger partial charge in [0.05, 0.1) is 11.9 Å². The summed E-state index contributed by atoms with van der Waals surface area (Å²) in [5.74, 6) is -0.0859. The van der Waals surface area contributed by atoms with Gasteiger partial charge in [0.15, 0.2) is 0 Å². The standard InChI is InChI=1S/C24H32ClN3O3S/c1-19-11-12-22(25)16-23(19)28(32(2,30)31)15-7-10-24(29)26-17-20-8-3-4-9-21(20)18-27-13-5-6-14-27/h3-4,8-9,11-12,16H,5-7,10,13-15,17-18H2,1-2H3,(H,26,29). The minimum absolute atomic E-state index is 0.0859. The summed E-state index contributed by atoms with van der Waals surface area (Å²) in [7, 11) is -3.49. The highest BCUT2D eigenvalue weighted by Gasteiger charge is 2.20. The van der Waals surface area contributed by atoms with Gasteiger partial charge in [-0.25, -0.2) is 8.42 Å². The van der Waals surface area contributed by atoms with E-state index in [2.05, 4.69) is 22.3 Å². The second kappa shape index (κ2) is 11.2. The molecule has 2 aromatic carbocycles. The fourth-order valence-electron chi connectivity index (χ4n) is 4.05. The second-order valence-corrected chi connectivity index (χ2v) is 10.7. The Balaban J connectivity index is 1.54. The van der Waals surface area contributed by atoms with Crippen molar-refractivity contribution in [1.29, 1.82) is 0 Å². The number of benzene rings is 2. The van der Waals surface area contributed by atoms with Crippen molar-refractivity contribution >= 4 is 33.2 Å². The number of rotatable bonds is 10. The van der Waals surface area contributed by atoms with Crippen LogP contribution in [0.2, 0.25) is 5.02 Å². The number of hydrogen-bond acceptors (Lipinski definition) is 4. The number of nitrogens with zero attached hydrogens (tertiary/aromatic N) is 2. The SMILES string of the molecule is Cc1ccc(Cl)cc1N(CCCC(=O)NCc1ccccc1CN1CCCC1)S(C)(=O)=O. The van der Waals surface area contributed by atoms with Gasteiger partial charge >= 0.3 is 0 Å². The largest absolute Gasteiger partial charge is 0.352 e. The lowest BCUT2D eigenvalue weighted by molar-refractivity contribution is -0.121. The summed E-state index contributed by atoms with van der Waals surface area (Å²) >= 11 is 6.07. The summed E-state index contributed by atoms with van der Waals surface area (Å²) in [5, 5.41) is 3.47. The van der Waals surface area contributed by atoms with Crippen molar-refractivity contribution in [3.8, 4) is 0 Å². The molecule has 0 atom stereocenters. The molecule has 1 fully saturated rings. The number of amides is 1. The van der Waals surface area contributed by atoms with E-state index in [-0.39, 0.29) is 18.9 Å². The molecule has 1 N–H and O–H groups in total. The molecule has 0 spiro atoms. The molecule has 0 unspecified atom stereocenters. The summed E-state index contributed by atoms with van der Waals surface area (Å²) in [6.45, 7) is 5.71. The molecule has 0 aromatic heterocycles. The summed E-state index contributed by atoms with van der Waals surface area (Å²) in [6, 6.07) is 13.4. The molecule has 6 nitrogen and oxygen atoms in total. The molecule has 1 aliphatic rings. The fourth-order valence-corrected chi connectivity index (χ4v) is 5.23. The topological polar surface area (TPSA) is 69.7 Å². The first-order valence-electron chi connectivity index (χ1n) is 11.0. The molecule has 8 heteroatoms. The van der Waals surface area contributed by atoms with Crippen LogP contribution in [0.1, 0.15) is 42.4 Å². The Hall–Kier alpha value is -2.09. The Morgan fingerprint density at radius 1 is 1.12 bits per heavy atom. The lowest BCUT2D eigenvalue weighted by atomic mass is 10.1. The maximum atomic E-state index is 12.5. The number of carbonyl (C=O) groups is 1. The van der Waals surface area contributed by atoms with Gasteiger partial charge in [0, 0.05) is 31.1 Å². The van der Waals surface area contributed by atoms with Gasteiger partial charge in [0.2, 0.25) is 15.9 Å². The van der Waals surface area contributed by atoms with Crippen molar-refractivity contribution in [2.45, 2.75) is 45.7 Å². The van der Waals surface area contributed by atoms with E-state index in [4.69, 9.17) is 11.6 Å². The lowest BCUT2D eigenvalue weighted by Crippen LogP contribution is -2.32. The quantitative estimate of drug-likeness (QED) is 0.559. The van der Waals surface area contributed by atoms with Crippen LogP contribution >= 0.6 is 11.6 Å². The van der Waals surface area contributed by atoms with E-state index in [9.17, 15) is 13.2 Å². The average Bonchev–Trinajstić information content (AvgIpc) is 3.25. The van der Waals surface area contributed by atoms with Crippen molar-refractivity contribution < 1.29 is 13.2 Å². The highest BCUT2D eigenvalue weighted by atomic mass is 35.5. The predicted molar refractivity (Wildman–Crippen MR) is 130 cm³/mol. The lowest BCUT2D eigenvalue weighted by Gasteiger charge is -2.24. The zero-order valence-electron chi connectivity index (χ0n) is 18.8. The molecular weight excluding hydrogens is 446 g/mol. The molecule has 2 aromatic rings. The van der Waals surface area contributed by atoms with Crippen LogP contribution < -0.4 is 9.62 Å². The first-order valence-corrected chi connectivity index (χ1v) is 13.3. The summed E-state index contributed by atoms with van der Waals surface area (Å²) in [4.78, 5) is 14.9. The Labute approximate surface area is 196 Å². The van der Waals surface area contributed by atoms with Crippen molar-refractivity contribution in [1.82, 2.24) is 10.2 Å². The van der Waals surface area contributed by atoms with Gasteiger partial charge in [-0.15, -0.1) is 0 Å². The Morgan fingerprint density at radius 3 is 2.50 bits per heavy atom. The van der Waals surface area contributed by atoms with Crippen molar-refractivity contribution in [2.24, 2.45) is 0 Å². The van der Waals surface area contributed by atoms with Gasteiger partial charge in [0.1, 0.15) is 0 Å². The van der Waals surface area contributed by atoms with E-state index in [0.29, 0.717) is 23.7 Å². The third-order valence-electron chi connectivity index (χ3n) is 5.79. The van der Waals surface area contributed by atoms with Crippen LogP contribution in [0.5, 0.6) is 0 Å². The van der Waals surface area contributed by atoms with E-state index < -0.39 is 10.0 Å². The number of anilines is 1. The van der Waals surface area contributed by atoms with Gasteiger partial charge < -0.3 is 5.32 Å². The summed E-state index contributed by atoms with van der Waals surface area (Å²) in [5.41, 5.74) is 3.74. The monoisotopic (exact) mass is 477 g/mol. The predicted octanol–water partition coefficient (Wildman–Crippen LogP) is 4.11. The van der Waals surface area contributed by atoms with E-state index in [0.717, 1.165) is 30.8 Å². The average molecular weight is 478 g/mol. The first kappa shape index (κ1) is 24.6. The van der Waals surface area contributed by atoms with Gasteiger partial charge in [-0.05, 0) is 68.1 Å². The van der Waals surface area contributed by atoms with Crippen LogP contribution in [-0.2, 0) is 27.9 Å². The van der Waals surface area contributed by atoms with E-state index in [1.165, 1.54) is 29.0 Å². The smallest absolute Gasteiger partial charge is 0.232 e. The van der Waals surface area contributed by atoms with Crippen LogP contribution in [0.4, 0.5) is 5.69 Å². The highest BCUT2D eigenvalue weighted by molar-refractivity contribution is 7.92. The fraction of sp³-hybridized carbons (Fsp3) is 0.458. The highest BCUT2D eigenvalue weighted by Crippen LogP contribution is 2.26. The van der Waals surface area contributed by atoms with Crippen LogP contribution in [0.3, 0.4) is 0 Å². The Kier molecular flexibility index (Phi) is 8.57. The molecular formula is C24H32ClN3O3S.